The first-order chi connectivity index (χ1) is 11.1. The molecule has 4 heteroatoms. The van der Waals surface area contributed by atoms with Crippen LogP contribution >= 0.6 is 0 Å². The summed E-state index contributed by atoms with van der Waals surface area (Å²) in [5.74, 6) is 0.766. The van der Waals surface area contributed by atoms with Crippen molar-refractivity contribution in [2.75, 3.05) is 7.11 Å². The first-order valence-corrected chi connectivity index (χ1v) is 8.69. The molecule has 1 aliphatic rings. The first-order valence-electron chi connectivity index (χ1n) is 8.69. The van der Waals surface area contributed by atoms with Gasteiger partial charge in [0.25, 0.3) is 5.91 Å². The van der Waals surface area contributed by atoms with Gasteiger partial charge in [-0.25, -0.2) is 0 Å². The predicted molar refractivity (Wildman–Crippen MR) is 91.9 cm³/mol. The zero-order chi connectivity index (χ0) is 16.7. The van der Waals surface area contributed by atoms with Crippen molar-refractivity contribution in [3.8, 4) is 5.75 Å². The Balaban J connectivity index is 2.05. The van der Waals surface area contributed by atoms with Crippen molar-refractivity contribution in [1.82, 2.24) is 5.32 Å². The normalized spacial score (nSPS) is 16.2. The van der Waals surface area contributed by atoms with Gasteiger partial charge in [0.2, 0.25) is 0 Å². The molecule has 1 aromatic carbocycles. The molecule has 0 radical (unpaired) electrons. The highest BCUT2D eigenvalue weighted by atomic mass is 16.5. The summed E-state index contributed by atoms with van der Waals surface area (Å²) in [5, 5.41) is 3.18. The molecular weight excluding hydrogens is 290 g/mol. The third-order valence-electron chi connectivity index (χ3n) is 4.31. The lowest BCUT2D eigenvalue weighted by molar-refractivity contribution is 0.0644. The number of amides is 1. The van der Waals surface area contributed by atoms with Crippen LogP contribution in [0.3, 0.4) is 0 Å². The van der Waals surface area contributed by atoms with E-state index in [9.17, 15) is 4.79 Å². The maximum atomic E-state index is 12.5. The van der Waals surface area contributed by atoms with E-state index in [2.05, 4.69) is 5.32 Å². The van der Waals surface area contributed by atoms with Crippen LogP contribution in [0.25, 0.3) is 0 Å². The Labute approximate surface area is 139 Å². The molecule has 0 aromatic heterocycles. The highest BCUT2D eigenvalue weighted by Crippen LogP contribution is 2.22. The molecule has 0 spiro atoms. The lowest BCUT2D eigenvalue weighted by atomic mass is 10.1. The molecule has 1 aromatic rings. The summed E-state index contributed by atoms with van der Waals surface area (Å²) in [6.45, 7) is 4.44. The zero-order valence-corrected chi connectivity index (χ0v) is 14.6. The Kier molecular flexibility index (Phi) is 6.90. The van der Waals surface area contributed by atoms with E-state index in [0.29, 0.717) is 18.2 Å². The van der Waals surface area contributed by atoms with Crippen molar-refractivity contribution < 1.29 is 14.3 Å². The van der Waals surface area contributed by atoms with E-state index in [1.807, 2.05) is 32.0 Å². The molecule has 23 heavy (non-hydrogen) atoms. The van der Waals surface area contributed by atoms with Crippen molar-refractivity contribution >= 4 is 5.91 Å². The molecule has 128 valence electrons. The zero-order valence-electron chi connectivity index (χ0n) is 14.6. The van der Waals surface area contributed by atoms with Gasteiger partial charge in [0.05, 0.1) is 19.8 Å². The van der Waals surface area contributed by atoms with Gasteiger partial charge in [-0.05, 0) is 44.9 Å². The summed E-state index contributed by atoms with van der Waals surface area (Å²) >= 11 is 0. The second kappa shape index (κ2) is 8.92. The lowest BCUT2D eigenvalue weighted by Crippen LogP contribution is -2.34. The van der Waals surface area contributed by atoms with Crippen LogP contribution in [0.1, 0.15) is 68.3 Å². The predicted octanol–water partition coefficient (Wildman–Crippen LogP) is 4.07. The molecule has 0 saturated heterocycles. The number of hydrogen-bond acceptors (Lipinski definition) is 3. The third kappa shape index (κ3) is 5.54. The van der Waals surface area contributed by atoms with Crippen LogP contribution < -0.4 is 10.1 Å². The van der Waals surface area contributed by atoms with Gasteiger partial charge in [0, 0.05) is 17.2 Å². The van der Waals surface area contributed by atoms with Crippen LogP contribution in [0.2, 0.25) is 0 Å². The van der Waals surface area contributed by atoms with Gasteiger partial charge in [0.15, 0.2) is 0 Å². The van der Waals surface area contributed by atoms with E-state index in [1.165, 1.54) is 25.7 Å². The molecule has 1 N–H and O–H groups in total. The number of hydrogen-bond donors (Lipinski definition) is 1. The molecule has 0 heterocycles. The van der Waals surface area contributed by atoms with E-state index in [1.54, 1.807) is 7.11 Å². The molecule has 1 saturated carbocycles. The van der Waals surface area contributed by atoms with Crippen molar-refractivity contribution in [3.63, 3.8) is 0 Å². The fourth-order valence-corrected chi connectivity index (χ4v) is 2.98. The van der Waals surface area contributed by atoms with E-state index in [0.717, 1.165) is 24.2 Å². The fraction of sp³-hybridized carbons (Fsp3) is 0.632. The number of benzene rings is 1. The van der Waals surface area contributed by atoms with Crippen LogP contribution in [-0.4, -0.2) is 25.2 Å². The molecule has 1 aliphatic carbocycles. The van der Waals surface area contributed by atoms with Gasteiger partial charge >= 0.3 is 0 Å². The summed E-state index contributed by atoms with van der Waals surface area (Å²) < 4.78 is 11.0. The number of nitrogens with one attached hydrogen (secondary N) is 1. The Morgan fingerprint density at radius 3 is 2.52 bits per heavy atom. The maximum Gasteiger partial charge on any atom is 0.251 e. The minimum atomic E-state index is 0.00495. The number of carbonyl (C=O) groups excluding carboxylic acids is 1. The van der Waals surface area contributed by atoms with Gasteiger partial charge < -0.3 is 14.8 Å². The maximum absolute atomic E-state index is 12.5. The number of ether oxygens (including phenoxy) is 2. The summed E-state index contributed by atoms with van der Waals surface area (Å²) in [6, 6.07) is 5.86. The minimum Gasteiger partial charge on any atom is -0.496 e. The van der Waals surface area contributed by atoms with Gasteiger partial charge in [0.1, 0.15) is 5.75 Å². The Morgan fingerprint density at radius 2 is 1.91 bits per heavy atom. The van der Waals surface area contributed by atoms with Crippen LogP contribution in [0.5, 0.6) is 5.75 Å². The summed E-state index contributed by atoms with van der Waals surface area (Å²) in [6.07, 6.45) is 7.30. The molecular formula is C19H29NO3. The van der Waals surface area contributed by atoms with Gasteiger partial charge in [-0.2, -0.15) is 0 Å². The number of carbonyl (C=O) groups is 1. The second-order valence-electron chi connectivity index (χ2n) is 6.55. The molecule has 0 aliphatic heterocycles. The van der Waals surface area contributed by atoms with Crippen molar-refractivity contribution in [1.29, 1.82) is 0 Å². The van der Waals surface area contributed by atoms with Gasteiger partial charge in [-0.15, -0.1) is 0 Å². The third-order valence-corrected chi connectivity index (χ3v) is 4.31. The summed E-state index contributed by atoms with van der Waals surface area (Å²) in [7, 11) is 1.64. The first kappa shape index (κ1) is 17.8. The molecule has 0 unspecified atom stereocenters. The molecule has 4 nitrogen and oxygen atoms in total. The van der Waals surface area contributed by atoms with Crippen LogP contribution in [0, 0.1) is 0 Å². The Bertz CT molecular complexity index is 505. The molecule has 0 atom stereocenters. The van der Waals surface area contributed by atoms with Crippen molar-refractivity contribution in [3.05, 3.63) is 29.3 Å². The molecule has 1 amide bonds. The van der Waals surface area contributed by atoms with Crippen LogP contribution in [0.15, 0.2) is 18.2 Å². The van der Waals surface area contributed by atoms with Crippen LogP contribution in [0.4, 0.5) is 0 Å². The highest BCUT2D eigenvalue weighted by molar-refractivity contribution is 5.94. The average molecular weight is 319 g/mol. The molecule has 0 bridgehead atoms. The van der Waals surface area contributed by atoms with Gasteiger partial charge in [-0.1, -0.05) is 25.7 Å². The van der Waals surface area contributed by atoms with E-state index in [4.69, 9.17) is 9.47 Å². The van der Waals surface area contributed by atoms with Crippen molar-refractivity contribution in [2.24, 2.45) is 0 Å². The summed E-state index contributed by atoms with van der Waals surface area (Å²) in [5.41, 5.74) is 1.59. The SMILES string of the molecule is COc1ccc(C(=O)NC2CCCCCC2)cc1COC(C)C. The summed E-state index contributed by atoms with van der Waals surface area (Å²) in [4.78, 5) is 12.5. The molecule has 2 rings (SSSR count). The lowest BCUT2D eigenvalue weighted by Gasteiger charge is -2.17. The van der Waals surface area contributed by atoms with Crippen LogP contribution in [-0.2, 0) is 11.3 Å². The molecule has 1 fully saturated rings. The van der Waals surface area contributed by atoms with E-state index >= 15 is 0 Å². The number of methoxy groups -OCH3 is 1. The standard InChI is InChI=1S/C19H29NO3/c1-14(2)23-13-16-12-15(10-11-18(16)22-3)19(21)20-17-8-6-4-5-7-9-17/h10-12,14,17H,4-9,13H2,1-3H3,(H,20,21). The quantitative estimate of drug-likeness (QED) is 0.804. The number of rotatable bonds is 6. The smallest absolute Gasteiger partial charge is 0.251 e. The Morgan fingerprint density at radius 1 is 1.22 bits per heavy atom. The average Bonchev–Trinajstić information content (AvgIpc) is 2.81. The fourth-order valence-electron chi connectivity index (χ4n) is 2.98. The minimum absolute atomic E-state index is 0.00495. The van der Waals surface area contributed by atoms with E-state index in [-0.39, 0.29) is 12.0 Å². The van der Waals surface area contributed by atoms with Gasteiger partial charge in [-0.3, -0.25) is 4.79 Å². The second-order valence-corrected chi connectivity index (χ2v) is 6.55. The topological polar surface area (TPSA) is 47.6 Å². The monoisotopic (exact) mass is 319 g/mol. The largest absolute Gasteiger partial charge is 0.496 e. The highest BCUT2D eigenvalue weighted by Gasteiger charge is 2.17. The van der Waals surface area contributed by atoms with E-state index < -0.39 is 0 Å². The van der Waals surface area contributed by atoms with Crippen molar-refractivity contribution in [2.45, 2.75) is 71.1 Å². The Hall–Kier alpha value is -1.55.